The molecule has 9 heteroatoms. The molecule has 3 heterocycles. The van der Waals surface area contributed by atoms with Gasteiger partial charge in [0, 0.05) is 44.4 Å². The number of amides is 2. The van der Waals surface area contributed by atoms with Crippen molar-refractivity contribution in [3.05, 3.63) is 70.9 Å². The number of aliphatic hydroxyl groups is 1. The number of nitrogens with one attached hydrogen (secondary N) is 1. The molecule has 2 fully saturated rings. The lowest BCUT2D eigenvalue weighted by Crippen LogP contribution is -2.63. The van der Waals surface area contributed by atoms with Crippen molar-refractivity contribution in [2.24, 2.45) is 12.5 Å². The number of carbonyl (C=O) groups excluding carboxylic acids is 1. The van der Waals surface area contributed by atoms with Crippen LogP contribution in [-0.2, 0) is 20.1 Å². The van der Waals surface area contributed by atoms with E-state index in [2.05, 4.69) is 15.4 Å². The van der Waals surface area contributed by atoms with Crippen molar-refractivity contribution in [2.45, 2.75) is 50.8 Å². The molecule has 0 bridgehead atoms. The lowest BCUT2D eigenvalue weighted by molar-refractivity contribution is -0.135. The van der Waals surface area contributed by atoms with Crippen LogP contribution in [0.1, 0.15) is 37.7 Å². The third kappa shape index (κ3) is 4.48. The lowest BCUT2D eigenvalue weighted by Gasteiger charge is -2.52. The molecule has 2 aromatic heterocycles. The first-order chi connectivity index (χ1) is 16.9. The highest BCUT2D eigenvalue weighted by Gasteiger charge is 2.55. The summed E-state index contributed by atoms with van der Waals surface area (Å²) in [6, 6.07) is 13.0. The Morgan fingerprint density at radius 3 is 2.60 bits per heavy atom. The van der Waals surface area contributed by atoms with Gasteiger partial charge in [0.2, 0.25) is 0 Å². The first kappa shape index (κ1) is 23.3. The van der Waals surface area contributed by atoms with Crippen molar-refractivity contribution in [1.82, 2.24) is 29.5 Å². The van der Waals surface area contributed by atoms with Gasteiger partial charge in [-0.2, -0.15) is 5.10 Å². The van der Waals surface area contributed by atoms with E-state index in [-0.39, 0.29) is 18.1 Å². The van der Waals surface area contributed by atoms with E-state index in [1.807, 2.05) is 41.3 Å². The van der Waals surface area contributed by atoms with E-state index in [1.165, 1.54) is 17.0 Å². The molecule has 1 aromatic carbocycles. The molecular weight excluding hydrogens is 444 g/mol. The average molecular weight is 477 g/mol. The van der Waals surface area contributed by atoms with Gasteiger partial charge in [-0.05, 0) is 30.9 Å². The summed E-state index contributed by atoms with van der Waals surface area (Å²) in [6.07, 6.45) is 7.29. The Balaban J connectivity index is 1.32. The molecular formula is C26H32N6O3. The minimum atomic E-state index is -1.08. The summed E-state index contributed by atoms with van der Waals surface area (Å²) in [5.41, 5.74) is 0.635. The number of likely N-dealkylation sites (tertiary alicyclic amines) is 1. The zero-order chi connectivity index (χ0) is 24.5. The summed E-state index contributed by atoms with van der Waals surface area (Å²) in [4.78, 5) is 32.2. The number of urea groups is 1. The predicted molar refractivity (Wildman–Crippen MR) is 131 cm³/mol. The van der Waals surface area contributed by atoms with Gasteiger partial charge in [0.25, 0.3) is 5.56 Å². The van der Waals surface area contributed by atoms with E-state index in [4.69, 9.17) is 0 Å². The Kier molecular flexibility index (Phi) is 6.19. The monoisotopic (exact) mass is 476 g/mol. The van der Waals surface area contributed by atoms with Gasteiger partial charge < -0.3 is 15.3 Å². The van der Waals surface area contributed by atoms with Crippen molar-refractivity contribution < 1.29 is 9.90 Å². The summed E-state index contributed by atoms with van der Waals surface area (Å²) in [6.45, 7) is 1.56. The summed E-state index contributed by atoms with van der Waals surface area (Å²) in [7, 11) is 1.80. The van der Waals surface area contributed by atoms with Crippen LogP contribution in [0.5, 0.6) is 0 Å². The number of benzene rings is 1. The number of rotatable bonds is 5. The molecule has 3 aromatic rings. The normalized spacial score (nSPS) is 21.4. The molecule has 2 N–H and O–H groups in total. The minimum absolute atomic E-state index is 0.110. The number of aromatic nitrogens is 4. The molecule has 184 valence electrons. The van der Waals surface area contributed by atoms with E-state index in [9.17, 15) is 14.7 Å². The van der Waals surface area contributed by atoms with Crippen molar-refractivity contribution in [3.63, 3.8) is 0 Å². The van der Waals surface area contributed by atoms with Crippen LogP contribution in [0.4, 0.5) is 4.79 Å². The van der Waals surface area contributed by atoms with Gasteiger partial charge in [-0.1, -0.05) is 43.2 Å². The van der Waals surface area contributed by atoms with Gasteiger partial charge in [0.15, 0.2) is 0 Å². The van der Waals surface area contributed by atoms with Crippen molar-refractivity contribution in [1.29, 1.82) is 0 Å². The average Bonchev–Trinajstić information content (AvgIpc) is 3.51. The smallest absolute Gasteiger partial charge is 0.317 e. The Hall–Kier alpha value is -3.46. The number of piperidine rings is 1. The van der Waals surface area contributed by atoms with Gasteiger partial charge in [0.05, 0.1) is 29.9 Å². The highest BCUT2D eigenvalue weighted by atomic mass is 16.3. The molecule has 0 radical (unpaired) electrons. The zero-order valence-electron chi connectivity index (χ0n) is 20.1. The third-order valence-electron chi connectivity index (χ3n) is 7.81. The molecule has 2 aliphatic rings. The molecule has 1 atom stereocenters. The van der Waals surface area contributed by atoms with Gasteiger partial charge in [-0.25, -0.2) is 9.78 Å². The molecule has 1 saturated carbocycles. The first-order valence-electron chi connectivity index (χ1n) is 12.2. The lowest BCUT2D eigenvalue weighted by atomic mass is 9.66. The second-order valence-corrected chi connectivity index (χ2v) is 9.92. The van der Waals surface area contributed by atoms with Gasteiger partial charge in [-0.3, -0.25) is 14.0 Å². The van der Waals surface area contributed by atoms with E-state index in [1.54, 1.807) is 17.9 Å². The van der Waals surface area contributed by atoms with Crippen LogP contribution < -0.4 is 10.9 Å². The van der Waals surface area contributed by atoms with Gasteiger partial charge in [-0.15, -0.1) is 0 Å². The fraction of sp³-hybridized carbons (Fsp3) is 0.462. The Labute approximate surface area is 204 Å². The number of hydrogen-bond donors (Lipinski definition) is 2. The van der Waals surface area contributed by atoms with Crippen LogP contribution in [-0.4, -0.2) is 54.1 Å². The molecule has 1 saturated heterocycles. The molecule has 2 amide bonds. The van der Waals surface area contributed by atoms with Gasteiger partial charge in [0.1, 0.15) is 0 Å². The maximum absolute atomic E-state index is 13.0. The fourth-order valence-electron chi connectivity index (χ4n) is 5.75. The third-order valence-corrected chi connectivity index (χ3v) is 7.81. The summed E-state index contributed by atoms with van der Waals surface area (Å²) in [5, 5.41) is 19.1. The summed E-state index contributed by atoms with van der Waals surface area (Å²) < 4.78 is 3.18. The number of aryl methyl sites for hydroxylation is 1. The molecule has 1 aliphatic carbocycles. The van der Waals surface area contributed by atoms with E-state index < -0.39 is 11.0 Å². The molecule has 5 rings (SSSR count). The SMILES string of the molecule is Cn1nccc1-c1cc(=O)n(CC2(O)CCN(C(=O)NCc3ccccc3)CC23CCCC3)cn1. The highest BCUT2D eigenvalue weighted by molar-refractivity contribution is 5.74. The van der Waals surface area contributed by atoms with Crippen molar-refractivity contribution >= 4 is 6.03 Å². The second kappa shape index (κ2) is 9.30. The Morgan fingerprint density at radius 2 is 1.91 bits per heavy atom. The maximum atomic E-state index is 13.0. The minimum Gasteiger partial charge on any atom is -0.387 e. The Morgan fingerprint density at radius 1 is 1.14 bits per heavy atom. The quantitative estimate of drug-likeness (QED) is 0.589. The standard InChI is InChI=1S/C26H32N6O3/c1-30-22(9-13-29-30)21-15-23(33)32(19-28-21)18-26(35)12-14-31(17-25(26)10-5-6-11-25)24(34)27-16-20-7-3-2-4-8-20/h2-4,7-9,13,15,19,35H,5-6,10-12,14,16-18H2,1H3,(H,27,34). The van der Waals surface area contributed by atoms with Crippen LogP contribution in [0.3, 0.4) is 0 Å². The molecule has 9 nitrogen and oxygen atoms in total. The molecule has 1 unspecified atom stereocenters. The number of carbonyl (C=O) groups is 1. The zero-order valence-corrected chi connectivity index (χ0v) is 20.1. The second-order valence-electron chi connectivity index (χ2n) is 9.92. The predicted octanol–water partition coefficient (Wildman–Crippen LogP) is 2.55. The molecule has 35 heavy (non-hydrogen) atoms. The maximum Gasteiger partial charge on any atom is 0.317 e. The van der Waals surface area contributed by atoms with Crippen LogP contribution in [0.2, 0.25) is 0 Å². The fourth-order valence-corrected chi connectivity index (χ4v) is 5.75. The largest absolute Gasteiger partial charge is 0.387 e. The van der Waals surface area contributed by atoms with Crippen molar-refractivity contribution in [3.8, 4) is 11.4 Å². The Bertz CT molecular complexity index is 1250. The summed E-state index contributed by atoms with van der Waals surface area (Å²) in [5.74, 6) is 0. The number of hydrogen-bond acceptors (Lipinski definition) is 5. The van der Waals surface area contributed by atoms with E-state index in [0.29, 0.717) is 31.7 Å². The molecule has 1 aliphatic heterocycles. The van der Waals surface area contributed by atoms with Crippen LogP contribution in [0.25, 0.3) is 11.4 Å². The topological polar surface area (TPSA) is 105 Å². The van der Waals surface area contributed by atoms with Crippen LogP contribution in [0, 0.1) is 5.41 Å². The van der Waals surface area contributed by atoms with Crippen molar-refractivity contribution in [2.75, 3.05) is 13.1 Å². The highest BCUT2D eigenvalue weighted by Crippen LogP contribution is 2.51. The van der Waals surface area contributed by atoms with E-state index in [0.717, 1.165) is 36.9 Å². The summed E-state index contributed by atoms with van der Waals surface area (Å²) >= 11 is 0. The van der Waals surface area contributed by atoms with Crippen LogP contribution >= 0.6 is 0 Å². The molecule has 1 spiro atoms. The van der Waals surface area contributed by atoms with Crippen LogP contribution in [0.15, 0.2) is 59.8 Å². The first-order valence-corrected chi connectivity index (χ1v) is 12.2. The van der Waals surface area contributed by atoms with Gasteiger partial charge >= 0.3 is 6.03 Å². The van der Waals surface area contributed by atoms with E-state index >= 15 is 0 Å². The number of nitrogens with zero attached hydrogens (tertiary/aromatic N) is 5.